The molecule has 126 valence electrons. The lowest BCUT2D eigenvalue weighted by Gasteiger charge is -2.13. The van der Waals surface area contributed by atoms with E-state index < -0.39 is 10.0 Å². The Labute approximate surface area is 140 Å². The van der Waals surface area contributed by atoms with Crippen LogP contribution in [-0.2, 0) is 10.0 Å². The molecule has 6 nitrogen and oxygen atoms in total. The first kappa shape index (κ1) is 16.3. The zero-order valence-electron chi connectivity index (χ0n) is 13.9. The molecule has 2 aromatic carbocycles. The van der Waals surface area contributed by atoms with Crippen LogP contribution < -0.4 is 9.46 Å². The third-order valence-corrected chi connectivity index (χ3v) is 5.22. The molecule has 7 heteroatoms. The first-order chi connectivity index (χ1) is 11.3. The molecule has 24 heavy (non-hydrogen) atoms. The molecular weight excluding hydrogens is 328 g/mol. The molecule has 0 spiro atoms. The number of anilines is 1. The van der Waals surface area contributed by atoms with Gasteiger partial charge in [-0.3, -0.25) is 4.72 Å². The van der Waals surface area contributed by atoms with Gasteiger partial charge in [-0.1, -0.05) is 0 Å². The summed E-state index contributed by atoms with van der Waals surface area (Å²) in [5.74, 6) is 0.838. The minimum atomic E-state index is -3.79. The third-order valence-electron chi connectivity index (χ3n) is 3.82. The van der Waals surface area contributed by atoms with Gasteiger partial charge in [0.1, 0.15) is 16.2 Å². The summed E-state index contributed by atoms with van der Waals surface area (Å²) in [5.41, 5.74) is 3.46. The Morgan fingerprint density at radius 1 is 1.08 bits per heavy atom. The highest BCUT2D eigenvalue weighted by atomic mass is 32.2. The van der Waals surface area contributed by atoms with E-state index >= 15 is 0 Å². The molecule has 0 amide bonds. The molecule has 0 aliphatic rings. The number of oxazole rings is 1. The van der Waals surface area contributed by atoms with Gasteiger partial charge in [-0.15, -0.1) is 0 Å². The van der Waals surface area contributed by atoms with Crippen LogP contribution in [0.15, 0.2) is 39.6 Å². The van der Waals surface area contributed by atoms with Crippen LogP contribution in [0.4, 0.5) is 5.69 Å². The molecule has 0 aliphatic carbocycles. The van der Waals surface area contributed by atoms with E-state index in [2.05, 4.69) is 9.71 Å². The molecule has 1 heterocycles. The number of benzene rings is 2. The molecular formula is C17H18N2O4S. The van der Waals surface area contributed by atoms with Crippen LogP contribution in [0.2, 0.25) is 0 Å². The van der Waals surface area contributed by atoms with E-state index in [1.165, 1.54) is 7.11 Å². The molecule has 0 bridgehead atoms. The second kappa shape index (κ2) is 5.83. The summed E-state index contributed by atoms with van der Waals surface area (Å²) in [6.07, 6.45) is 0. The minimum Gasteiger partial charge on any atom is -0.495 e. The van der Waals surface area contributed by atoms with Gasteiger partial charge < -0.3 is 9.15 Å². The van der Waals surface area contributed by atoms with Crippen molar-refractivity contribution in [1.29, 1.82) is 0 Å². The molecule has 0 unspecified atom stereocenters. The number of ether oxygens (including phenoxy) is 1. The molecule has 3 aromatic rings. The second-order valence-electron chi connectivity index (χ2n) is 5.61. The predicted octanol–water partition coefficient (Wildman–Crippen LogP) is 3.56. The zero-order chi connectivity index (χ0) is 17.5. The van der Waals surface area contributed by atoms with Crippen molar-refractivity contribution < 1.29 is 17.6 Å². The Morgan fingerprint density at radius 3 is 2.50 bits per heavy atom. The fraction of sp³-hybridized carbons (Fsp3) is 0.235. The first-order valence-corrected chi connectivity index (χ1v) is 8.84. The van der Waals surface area contributed by atoms with Gasteiger partial charge in [0, 0.05) is 6.92 Å². The van der Waals surface area contributed by atoms with E-state index in [-0.39, 0.29) is 4.90 Å². The number of hydrogen-bond donors (Lipinski definition) is 1. The van der Waals surface area contributed by atoms with Gasteiger partial charge in [0.15, 0.2) is 11.5 Å². The maximum atomic E-state index is 12.8. The van der Waals surface area contributed by atoms with Gasteiger partial charge in [0.05, 0.1) is 12.8 Å². The van der Waals surface area contributed by atoms with E-state index in [0.29, 0.717) is 28.4 Å². The Bertz CT molecular complexity index is 1020. The number of nitrogens with zero attached hydrogens (tertiary/aromatic N) is 1. The highest BCUT2D eigenvalue weighted by molar-refractivity contribution is 7.92. The Hall–Kier alpha value is -2.54. The Kier molecular flexibility index (Phi) is 3.96. The number of methoxy groups -OCH3 is 1. The summed E-state index contributed by atoms with van der Waals surface area (Å²) >= 11 is 0. The molecule has 3 rings (SSSR count). The fourth-order valence-electron chi connectivity index (χ4n) is 2.45. The molecule has 1 aromatic heterocycles. The number of sulfonamides is 1. The third kappa shape index (κ3) is 2.94. The molecule has 0 saturated carbocycles. The summed E-state index contributed by atoms with van der Waals surface area (Å²) < 4.78 is 38.7. The van der Waals surface area contributed by atoms with Crippen LogP contribution in [0.5, 0.6) is 5.75 Å². The molecule has 0 aliphatic heterocycles. The lowest BCUT2D eigenvalue weighted by Crippen LogP contribution is -2.14. The van der Waals surface area contributed by atoms with Crippen molar-refractivity contribution in [1.82, 2.24) is 4.98 Å². The van der Waals surface area contributed by atoms with Crippen molar-refractivity contribution in [3.05, 3.63) is 47.3 Å². The fourth-order valence-corrected chi connectivity index (χ4v) is 3.74. The van der Waals surface area contributed by atoms with E-state index in [9.17, 15) is 8.42 Å². The summed E-state index contributed by atoms with van der Waals surface area (Å²) in [5, 5.41) is 0. The van der Waals surface area contributed by atoms with Crippen LogP contribution in [-0.4, -0.2) is 20.5 Å². The van der Waals surface area contributed by atoms with Crippen molar-refractivity contribution >= 4 is 26.8 Å². The van der Waals surface area contributed by atoms with E-state index in [4.69, 9.17) is 9.15 Å². The van der Waals surface area contributed by atoms with Crippen molar-refractivity contribution in [3.8, 4) is 5.75 Å². The first-order valence-electron chi connectivity index (χ1n) is 7.35. The maximum absolute atomic E-state index is 12.8. The molecule has 0 saturated heterocycles. The molecule has 0 atom stereocenters. The number of fused-ring (bicyclic) bond motifs is 1. The number of rotatable bonds is 4. The standard InChI is InChI=1S/C17H18N2O4S/c1-10-7-16(22-4)17(8-11(10)2)24(20,21)19-13-5-6-15-14(9-13)18-12(3)23-15/h5-9,19H,1-4H3. The monoisotopic (exact) mass is 346 g/mol. The molecule has 1 N–H and O–H groups in total. The number of nitrogens with one attached hydrogen (secondary N) is 1. The number of aryl methyl sites for hydroxylation is 3. The van der Waals surface area contributed by atoms with E-state index in [1.54, 1.807) is 37.3 Å². The summed E-state index contributed by atoms with van der Waals surface area (Å²) in [4.78, 5) is 4.31. The lowest BCUT2D eigenvalue weighted by atomic mass is 10.1. The van der Waals surface area contributed by atoms with Crippen LogP contribution in [0.3, 0.4) is 0 Å². The Morgan fingerprint density at radius 2 is 1.79 bits per heavy atom. The maximum Gasteiger partial charge on any atom is 0.265 e. The van der Waals surface area contributed by atoms with Gasteiger partial charge in [-0.2, -0.15) is 0 Å². The average molecular weight is 346 g/mol. The second-order valence-corrected chi connectivity index (χ2v) is 7.26. The van der Waals surface area contributed by atoms with Gasteiger partial charge in [0.25, 0.3) is 10.0 Å². The van der Waals surface area contributed by atoms with Gasteiger partial charge in [-0.25, -0.2) is 13.4 Å². The quantitative estimate of drug-likeness (QED) is 0.781. The summed E-state index contributed by atoms with van der Waals surface area (Å²) in [7, 11) is -2.34. The SMILES string of the molecule is COc1cc(C)c(C)cc1S(=O)(=O)Nc1ccc2oc(C)nc2c1. The highest BCUT2D eigenvalue weighted by Crippen LogP contribution is 2.29. The summed E-state index contributed by atoms with van der Waals surface area (Å²) in [6.45, 7) is 5.50. The smallest absolute Gasteiger partial charge is 0.265 e. The van der Waals surface area contributed by atoms with Crippen LogP contribution in [0, 0.1) is 20.8 Å². The average Bonchev–Trinajstić information content (AvgIpc) is 2.88. The van der Waals surface area contributed by atoms with Crippen molar-refractivity contribution in [3.63, 3.8) is 0 Å². The summed E-state index contributed by atoms with van der Waals surface area (Å²) in [6, 6.07) is 8.28. The Balaban J connectivity index is 2.02. The van der Waals surface area contributed by atoms with Crippen LogP contribution in [0.25, 0.3) is 11.1 Å². The van der Waals surface area contributed by atoms with Crippen molar-refractivity contribution in [2.24, 2.45) is 0 Å². The highest BCUT2D eigenvalue weighted by Gasteiger charge is 2.21. The normalized spacial score (nSPS) is 11.7. The predicted molar refractivity (Wildman–Crippen MR) is 92.0 cm³/mol. The molecule has 0 fully saturated rings. The van der Waals surface area contributed by atoms with Crippen molar-refractivity contribution in [2.75, 3.05) is 11.8 Å². The van der Waals surface area contributed by atoms with E-state index in [1.807, 2.05) is 13.8 Å². The number of aromatic nitrogens is 1. The topological polar surface area (TPSA) is 81.4 Å². The van der Waals surface area contributed by atoms with Crippen molar-refractivity contribution in [2.45, 2.75) is 25.7 Å². The van der Waals surface area contributed by atoms with Gasteiger partial charge in [-0.05, 0) is 55.3 Å². The molecule has 0 radical (unpaired) electrons. The largest absolute Gasteiger partial charge is 0.495 e. The zero-order valence-corrected chi connectivity index (χ0v) is 14.7. The van der Waals surface area contributed by atoms with E-state index in [0.717, 1.165) is 11.1 Å². The van der Waals surface area contributed by atoms with Crippen LogP contribution >= 0.6 is 0 Å². The van der Waals surface area contributed by atoms with Gasteiger partial charge >= 0.3 is 0 Å². The lowest BCUT2D eigenvalue weighted by molar-refractivity contribution is 0.402. The minimum absolute atomic E-state index is 0.101. The van der Waals surface area contributed by atoms with Crippen LogP contribution in [0.1, 0.15) is 17.0 Å². The number of hydrogen-bond acceptors (Lipinski definition) is 5. The van der Waals surface area contributed by atoms with Gasteiger partial charge in [0.2, 0.25) is 0 Å².